The second-order valence-electron chi connectivity index (χ2n) is 9.33. The first kappa shape index (κ1) is 28.0. The molecule has 0 aliphatic carbocycles. The lowest BCUT2D eigenvalue weighted by molar-refractivity contribution is 0.00695. The minimum Gasteiger partial charge on any atom is -0.497 e. The Labute approximate surface area is 232 Å². The lowest BCUT2D eigenvalue weighted by Crippen LogP contribution is -2.23. The normalized spacial score (nSPS) is 10.8. The fourth-order valence-electron chi connectivity index (χ4n) is 3.38. The maximum Gasteiger partial charge on any atom is 0.338 e. The van der Waals surface area contributed by atoms with Crippen molar-refractivity contribution in [3.05, 3.63) is 72.3 Å². The topological polar surface area (TPSA) is 123 Å². The van der Waals surface area contributed by atoms with Gasteiger partial charge in [-0.1, -0.05) is 6.07 Å². The fourth-order valence-corrected chi connectivity index (χ4v) is 3.38. The number of benzene rings is 3. The van der Waals surface area contributed by atoms with E-state index in [4.69, 9.17) is 28.4 Å². The maximum atomic E-state index is 12.6. The van der Waals surface area contributed by atoms with E-state index in [1.54, 1.807) is 80.9 Å². The quantitative estimate of drug-likeness (QED) is 0.229. The number of carbonyl (C=O) groups is 1. The van der Waals surface area contributed by atoms with Gasteiger partial charge in [0.2, 0.25) is 5.95 Å². The highest BCUT2D eigenvalue weighted by molar-refractivity contribution is 5.91. The summed E-state index contributed by atoms with van der Waals surface area (Å²) in [6.45, 7) is 5.42. The third-order valence-corrected chi connectivity index (χ3v) is 5.19. The lowest BCUT2D eigenvalue weighted by atomic mass is 10.1. The van der Waals surface area contributed by atoms with E-state index >= 15 is 0 Å². The summed E-state index contributed by atoms with van der Waals surface area (Å²) in [5.41, 5.74) is 0.276. The van der Waals surface area contributed by atoms with E-state index in [2.05, 4.69) is 20.3 Å². The molecule has 11 nitrogen and oxygen atoms in total. The highest BCUT2D eigenvalue weighted by Gasteiger charge is 2.19. The first-order valence-electron chi connectivity index (χ1n) is 12.2. The largest absolute Gasteiger partial charge is 0.497 e. The third-order valence-electron chi connectivity index (χ3n) is 5.19. The van der Waals surface area contributed by atoms with E-state index in [-0.39, 0.29) is 18.0 Å². The van der Waals surface area contributed by atoms with Gasteiger partial charge < -0.3 is 33.7 Å². The molecule has 3 aromatic carbocycles. The molecule has 0 aliphatic rings. The SMILES string of the molecule is COc1ccc(Oc2nc(Nc3cccc(C(=O)OC(C)(C)C)c3)nc(Oc3ccc(OC)cc3OC)n2)cc1. The van der Waals surface area contributed by atoms with Crippen LogP contribution in [-0.4, -0.2) is 47.9 Å². The van der Waals surface area contributed by atoms with Gasteiger partial charge in [-0.05, 0) is 75.4 Å². The van der Waals surface area contributed by atoms with Gasteiger partial charge in [-0.3, -0.25) is 0 Å². The molecule has 0 unspecified atom stereocenters. The molecular formula is C29H30N4O7. The van der Waals surface area contributed by atoms with Crippen molar-refractivity contribution in [3.63, 3.8) is 0 Å². The van der Waals surface area contributed by atoms with Crippen LogP contribution in [0.5, 0.6) is 40.8 Å². The molecule has 11 heteroatoms. The molecule has 208 valence electrons. The minimum absolute atomic E-state index is 0.0338. The molecule has 0 radical (unpaired) electrons. The van der Waals surface area contributed by atoms with Gasteiger partial charge in [0.1, 0.15) is 22.8 Å². The average molecular weight is 547 g/mol. The summed E-state index contributed by atoms with van der Waals surface area (Å²) in [5.74, 6) is 2.16. The molecule has 1 aromatic heterocycles. The molecule has 0 fully saturated rings. The predicted molar refractivity (Wildman–Crippen MR) is 147 cm³/mol. The van der Waals surface area contributed by atoms with Crippen LogP contribution in [0.25, 0.3) is 0 Å². The third kappa shape index (κ3) is 7.50. The van der Waals surface area contributed by atoms with Crippen LogP contribution < -0.4 is 29.0 Å². The second kappa shape index (κ2) is 12.2. The number of hydrogen-bond donors (Lipinski definition) is 1. The number of carbonyl (C=O) groups excluding carboxylic acids is 1. The number of aromatic nitrogens is 3. The average Bonchev–Trinajstić information content (AvgIpc) is 2.93. The fraction of sp³-hybridized carbons (Fsp3) is 0.241. The molecule has 0 amide bonds. The molecule has 4 aromatic rings. The highest BCUT2D eigenvalue weighted by Crippen LogP contribution is 2.34. The second-order valence-corrected chi connectivity index (χ2v) is 9.33. The van der Waals surface area contributed by atoms with Gasteiger partial charge in [-0.2, -0.15) is 9.97 Å². The summed E-state index contributed by atoms with van der Waals surface area (Å²) >= 11 is 0. The van der Waals surface area contributed by atoms with Crippen LogP contribution in [0.4, 0.5) is 11.6 Å². The molecule has 0 atom stereocenters. The predicted octanol–water partition coefficient (Wildman–Crippen LogP) is 6.18. The number of hydrogen-bond acceptors (Lipinski definition) is 11. The molecule has 1 heterocycles. The Balaban J connectivity index is 1.66. The van der Waals surface area contributed by atoms with Crippen LogP contribution in [0, 0.1) is 0 Å². The zero-order chi connectivity index (χ0) is 28.7. The molecule has 0 saturated heterocycles. The summed E-state index contributed by atoms with van der Waals surface area (Å²) < 4.78 is 33.2. The zero-order valence-corrected chi connectivity index (χ0v) is 23.1. The van der Waals surface area contributed by atoms with Gasteiger partial charge in [0.15, 0.2) is 11.5 Å². The van der Waals surface area contributed by atoms with E-state index in [1.807, 2.05) is 20.8 Å². The van der Waals surface area contributed by atoms with Gasteiger partial charge in [0, 0.05) is 11.8 Å². The Hall–Kier alpha value is -5.06. The number of rotatable bonds is 10. The minimum atomic E-state index is -0.628. The summed E-state index contributed by atoms with van der Waals surface area (Å²) in [7, 11) is 4.65. The molecule has 0 saturated carbocycles. The van der Waals surface area contributed by atoms with Crippen molar-refractivity contribution >= 4 is 17.6 Å². The number of nitrogens with zero attached hydrogens (tertiary/aromatic N) is 3. The van der Waals surface area contributed by atoms with Crippen molar-refractivity contribution in [2.75, 3.05) is 26.6 Å². The van der Waals surface area contributed by atoms with Crippen LogP contribution in [0.3, 0.4) is 0 Å². The van der Waals surface area contributed by atoms with Crippen molar-refractivity contribution in [2.45, 2.75) is 26.4 Å². The van der Waals surface area contributed by atoms with Crippen molar-refractivity contribution < 1.29 is 33.2 Å². The Bertz CT molecular complexity index is 1470. The molecule has 0 spiro atoms. The van der Waals surface area contributed by atoms with Gasteiger partial charge in [-0.25, -0.2) is 4.79 Å². The maximum absolute atomic E-state index is 12.6. The first-order chi connectivity index (χ1) is 19.1. The number of anilines is 2. The van der Waals surface area contributed by atoms with Crippen LogP contribution in [0.2, 0.25) is 0 Å². The molecular weight excluding hydrogens is 516 g/mol. The van der Waals surface area contributed by atoms with Crippen LogP contribution in [0.15, 0.2) is 66.7 Å². The van der Waals surface area contributed by atoms with Crippen LogP contribution in [-0.2, 0) is 4.74 Å². The Kier molecular flexibility index (Phi) is 8.53. The van der Waals surface area contributed by atoms with Crippen molar-refractivity contribution in [2.24, 2.45) is 0 Å². The zero-order valence-electron chi connectivity index (χ0n) is 23.1. The summed E-state index contributed by atoms with van der Waals surface area (Å²) in [6, 6.07) is 18.7. The number of methoxy groups -OCH3 is 3. The van der Waals surface area contributed by atoms with Crippen molar-refractivity contribution in [1.29, 1.82) is 0 Å². The van der Waals surface area contributed by atoms with Gasteiger partial charge in [0.05, 0.1) is 26.9 Å². The lowest BCUT2D eigenvalue weighted by Gasteiger charge is -2.19. The summed E-state index contributed by atoms with van der Waals surface area (Å²) in [4.78, 5) is 25.6. The van der Waals surface area contributed by atoms with E-state index in [9.17, 15) is 4.79 Å². The Morgan fingerprint density at radius 2 is 1.35 bits per heavy atom. The smallest absolute Gasteiger partial charge is 0.338 e. The molecule has 1 N–H and O–H groups in total. The number of nitrogens with one attached hydrogen (secondary N) is 1. The van der Waals surface area contributed by atoms with Crippen molar-refractivity contribution in [3.8, 4) is 40.8 Å². The van der Waals surface area contributed by atoms with E-state index in [1.165, 1.54) is 7.11 Å². The standard InChI is InChI=1S/C29H30N4O7/c1-29(2,3)40-25(34)18-8-7-9-19(16-18)30-26-31-27(38-21-12-10-20(35-4)11-13-21)33-28(32-26)39-23-15-14-22(36-5)17-24(23)37-6/h7-17H,1-6H3,(H,30,31,32,33). The summed E-state index contributed by atoms with van der Waals surface area (Å²) in [6.07, 6.45) is 0. The molecule has 4 rings (SSSR count). The van der Waals surface area contributed by atoms with Crippen LogP contribution in [0.1, 0.15) is 31.1 Å². The Morgan fingerprint density at radius 3 is 2.00 bits per heavy atom. The molecule has 0 bridgehead atoms. The molecule has 0 aliphatic heterocycles. The van der Waals surface area contributed by atoms with Gasteiger partial charge in [-0.15, -0.1) is 4.98 Å². The molecule has 40 heavy (non-hydrogen) atoms. The van der Waals surface area contributed by atoms with Crippen LogP contribution >= 0.6 is 0 Å². The van der Waals surface area contributed by atoms with Gasteiger partial charge in [0.25, 0.3) is 0 Å². The Morgan fingerprint density at radius 1 is 0.700 bits per heavy atom. The van der Waals surface area contributed by atoms with E-state index in [0.717, 1.165) is 0 Å². The monoisotopic (exact) mass is 546 g/mol. The first-order valence-corrected chi connectivity index (χ1v) is 12.2. The highest BCUT2D eigenvalue weighted by atomic mass is 16.6. The van der Waals surface area contributed by atoms with Crippen molar-refractivity contribution in [1.82, 2.24) is 15.0 Å². The summed E-state index contributed by atoms with van der Waals surface area (Å²) in [5, 5.41) is 3.08. The number of ether oxygens (including phenoxy) is 6. The van der Waals surface area contributed by atoms with E-state index < -0.39 is 11.6 Å². The number of esters is 1. The van der Waals surface area contributed by atoms with Gasteiger partial charge >= 0.3 is 18.0 Å². The van der Waals surface area contributed by atoms with E-state index in [0.29, 0.717) is 40.0 Å².